The van der Waals surface area contributed by atoms with Gasteiger partial charge < -0.3 is 4.74 Å². The highest BCUT2D eigenvalue weighted by Gasteiger charge is 2.08. The molecule has 0 spiro atoms. The first kappa shape index (κ1) is 15.9. The number of hydrogen-bond donors (Lipinski definition) is 0. The van der Waals surface area contributed by atoms with Gasteiger partial charge >= 0.3 is 5.97 Å². The third-order valence-corrected chi connectivity index (χ3v) is 4.61. The van der Waals surface area contributed by atoms with Crippen molar-refractivity contribution in [2.24, 2.45) is 0 Å². The molecule has 0 unspecified atom stereocenters. The molecule has 3 aromatic rings. The van der Waals surface area contributed by atoms with Gasteiger partial charge in [-0.2, -0.15) is 0 Å². The first-order valence-electron chi connectivity index (χ1n) is 6.96. The van der Waals surface area contributed by atoms with E-state index in [1.54, 1.807) is 6.07 Å². The van der Waals surface area contributed by atoms with E-state index in [0.717, 1.165) is 10.0 Å². The zero-order valence-electron chi connectivity index (χ0n) is 12.1. The molecule has 0 aliphatic rings. The van der Waals surface area contributed by atoms with Crippen LogP contribution in [0.15, 0.2) is 51.3 Å². The fourth-order valence-electron chi connectivity index (χ4n) is 2.13. The molecule has 0 saturated heterocycles. The predicted molar refractivity (Wildman–Crippen MR) is 92.4 cm³/mol. The monoisotopic (exact) mass is 392 g/mol. The molecule has 0 saturated carbocycles. The maximum absolute atomic E-state index is 12.2. The minimum absolute atomic E-state index is 0.129. The zero-order valence-corrected chi connectivity index (χ0v) is 14.5. The van der Waals surface area contributed by atoms with Crippen LogP contribution in [0.2, 0.25) is 0 Å². The van der Waals surface area contributed by atoms with Crippen LogP contribution in [-0.2, 0) is 22.7 Å². The van der Waals surface area contributed by atoms with Crippen molar-refractivity contribution >= 4 is 43.5 Å². The third-order valence-electron chi connectivity index (χ3n) is 3.30. The Morgan fingerprint density at radius 2 is 2.22 bits per heavy atom. The molecule has 118 valence electrons. The number of thiophene rings is 1. The number of rotatable bonds is 5. The van der Waals surface area contributed by atoms with E-state index in [2.05, 4.69) is 20.9 Å². The summed E-state index contributed by atoms with van der Waals surface area (Å²) in [5.74, 6) is -0.345. The van der Waals surface area contributed by atoms with Crippen LogP contribution in [0, 0.1) is 0 Å². The number of fused-ring (bicyclic) bond motifs is 1. The Labute approximate surface area is 144 Å². The molecule has 2 heterocycles. The van der Waals surface area contributed by atoms with Gasteiger partial charge in [-0.1, -0.05) is 28.1 Å². The molecule has 5 nitrogen and oxygen atoms in total. The molecular formula is C16H13BrN2O3S. The van der Waals surface area contributed by atoms with E-state index in [-0.39, 0.29) is 31.1 Å². The molecule has 0 amide bonds. The lowest BCUT2D eigenvalue weighted by Gasteiger charge is -2.07. The van der Waals surface area contributed by atoms with E-state index in [1.165, 1.54) is 22.2 Å². The Balaban J connectivity index is 1.58. The van der Waals surface area contributed by atoms with Crippen LogP contribution in [0.4, 0.5) is 0 Å². The van der Waals surface area contributed by atoms with E-state index >= 15 is 0 Å². The van der Waals surface area contributed by atoms with Gasteiger partial charge in [0.1, 0.15) is 11.4 Å². The van der Waals surface area contributed by atoms with Crippen LogP contribution in [0.5, 0.6) is 0 Å². The highest BCUT2D eigenvalue weighted by Crippen LogP contribution is 2.14. The number of benzene rings is 1. The van der Waals surface area contributed by atoms with Crippen molar-refractivity contribution in [2.45, 2.75) is 19.6 Å². The molecule has 0 atom stereocenters. The van der Waals surface area contributed by atoms with Crippen LogP contribution in [0.25, 0.3) is 10.2 Å². The van der Waals surface area contributed by atoms with Crippen LogP contribution in [-0.4, -0.2) is 15.5 Å². The molecule has 0 fully saturated rings. The second kappa shape index (κ2) is 7.06. The van der Waals surface area contributed by atoms with Gasteiger partial charge in [0, 0.05) is 11.0 Å². The summed E-state index contributed by atoms with van der Waals surface area (Å²) < 4.78 is 7.60. The third kappa shape index (κ3) is 3.86. The molecule has 1 aromatic carbocycles. The van der Waals surface area contributed by atoms with Crippen LogP contribution < -0.4 is 5.56 Å². The lowest BCUT2D eigenvalue weighted by Crippen LogP contribution is -2.21. The molecule has 0 bridgehead atoms. The fraction of sp³-hybridized carbons (Fsp3) is 0.188. The van der Waals surface area contributed by atoms with Gasteiger partial charge in [0.05, 0.1) is 18.1 Å². The lowest BCUT2D eigenvalue weighted by atomic mass is 10.2. The van der Waals surface area contributed by atoms with Crippen molar-refractivity contribution in [3.05, 3.63) is 62.4 Å². The fourth-order valence-corrected chi connectivity index (χ4v) is 3.30. The first-order valence-corrected chi connectivity index (χ1v) is 8.63. The Morgan fingerprint density at radius 3 is 3.04 bits per heavy atom. The Kier molecular flexibility index (Phi) is 4.88. The normalized spacial score (nSPS) is 10.8. The number of carbonyl (C=O) groups excluding carboxylic acids is 1. The molecule has 0 N–H and O–H groups in total. The van der Waals surface area contributed by atoms with Crippen molar-refractivity contribution in [1.29, 1.82) is 0 Å². The predicted octanol–water partition coefficient (Wildman–Crippen LogP) is 3.35. The summed E-state index contributed by atoms with van der Waals surface area (Å²) in [5.41, 5.74) is 0.780. The number of esters is 1. The highest BCUT2D eigenvalue weighted by molar-refractivity contribution is 9.10. The maximum Gasteiger partial charge on any atom is 0.307 e. The smallest absolute Gasteiger partial charge is 0.307 e. The number of nitrogens with zero attached hydrogens (tertiary/aromatic N) is 2. The van der Waals surface area contributed by atoms with Crippen molar-refractivity contribution in [1.82, 2.24) is 9.55 Å². The largest absolute Gasteiger partial charge is 0.461 e. The maximum atomic E-state index is 12.2. The van der Waals surface area contributed by atoms with E-state index in [0.29, 0.717) is 10.2 Å². The summed E-state index contributed by atoms with van der Waals surface area (Å²) in [4.78, 5) is 28.9. The van der Waals surface area contributed by atoms with Gasteiger partial charge in [-0.3, -0.25) is 14.2 Å². The molecule has 3 rings (SSSR count). The molecule has 2 aromatic heterocycles. The molecule has 0 aliphatic heterocycles. The summed E-state index contributed by atoms with van der Waals surface area (Å²) in [6, 6.07) is 9.32. The summed E-state index contributed by atoms with van der Waals surface area (Å²) in [6.07, 6.45) is 1.61. The van der Waals surface area contributed by atoms with Gasteiger partial charge in [0.15, 0.2) is 0 Å². The van der Waals surface area contributed by atoms with E-state index < -0.39 is 0 Å². The average molecular weight is 393 g/mol. The number of ether oxygens (including phenoxy) is 1. The lowest BCUT2D eigenvalue weighted by molar-refractivity contribution is -0.145. The van der Waals surface area contributed by atoms with Crippen LogP contribution in [0.3, 0.4) is 0 Å². The Morgan fingerprint density at radius 1 is 1.35 bits per heavy atom. The van der Waals surface area contributed by atoms with Gasteiger partial charge in [-0.05, 0) is 29.1 Å². The number of aryl methyl sites for hydroxylation is 1. The van der Waals surface area contributed by atoms with E-state index in [4.69, 9.17) is 4.74 Å². The molecule has 23 heavy (non-hydrogen) atoms. The summed E-state index contributed by atoms with van der Waals surface area (Å²) in [5, 5.41) is 2.41. The SMILES string of the molecule is O=C(CCn1cnc2sccc2c1=O)OCc1cccc(Br)c1. The summed E-state index contributed by atoms with van der Waals surface area (Å²) >= 11 is 4.79. The van der Waals surface area contributed by atoms with Gasteiger partial charge in [0.25, 0.3) is 5.56 Å². The van der Waals surface area contributed by atoms with Gasteiger partial charge in [-0.25, -0.2) is 4.98 Å². The number of carbonyl (C=O) groups is 1. The number of halogens is 1. The standard InChI is InChI=1S/C16H13BrN2O3S/c17-12-3-1-2-11(8-12)9-22-14(20)4-6-19-10-18-15-13(16(19)21)5-7-23-15/h1-3,5,7-8,10H,4,6,9H2. The first-order chi connectivity index (χ1) is 11.1. The minimum Gasteiger partial charge on any atom is -0.461 e. The number of aromatic nitrogens is 2. The Bertz CT molecular complexity index is 903. The topological polar surface area (TPSA) is 61.2 Å². The Hall–Kier alpha value is -1.99. The van der Waals surface area contributed by atoms with Crippen molar-refractivity contribution in [3.8, 4) is 0 Å². The average Bonchev–Trinajstić information content (AvgIpc) is 3.02. The molecule has 0 aliphatic carbocycles. The van der Waals surface area contributed by atoms with E-state index in [1.807, 2.05) is 29.6 Å². The van der Waals surface area contributed by atoms with Crippen molar-refractivity contribution in [3.63, 3.8) is 0 Å². The van der Waals surface area contributed by atoms with Crippen molar-refractivity contribution in [2.75, 3.05) is 0 Å². The second-order valence-corrected chi connectivity index (χ2v) is 6.73. The van der Waals surface area contributed by atoms with E-state index in [9.17, 15) is 9.59 Å². The molecular weight excluding hydrogens is 380 g/mol. The molecule has 0 radical (unpaired) electrons. The van der Waals surface area contributed by atoms with Gasteiger partial charge in [-0.15, -0.1) is 11.3 Å². The van der Waals surface area contributed by atoms with Crippen LogP contribution >= 0.6 is 27.3 Å². The molecule has 7 heteroatoms. The minimum atomic E-state index is -0.345. The quantitative estimate of drug-likeness (QED) is 0.624. The summed E-state index contributed by atoms with van der Waals surface area (Å²) in [7, 11) is 0. The van der Waals surface area contributed by atoms with Crippen molar-refractivity contribution < 1.29 is 9.53 Å². The second-order valence-electron chi connectivity index (χ2n) is 4.92. The number of hydrogen-bond acceptors (Lipinski definition) is 5. The van der Waals surface area contributed by atoms with Crippen LogP contribution in [0.1, 0.15) is 12.0 Å². The highest BCUT2D eigenvalue weighted by atomic mass is 79.9. The summed E-state index contributed by atoms with van der Waals surface area (Å²) in [6.45, 7) is 0.476. The van der Waals surface area contributed by atoms with Gasteiger partial charge in [0.2, 0.25) is 0 Å². The zero-order chi connectivity index (χ0) is 16.2.